The van der Waals surface area contributed by atoms with Gasteiger partial charge in [0.15, 0.2) is 0 Å². The predicted octanol–water partition coefficient (Wildman–Crippen LogP) is 4.39. The fourth-order valence-corrected chi connectivity index (χ4v) is 2.93. The first-order valence-corrected chi connectivity index (χ1v) is 8.17. The van der Waals surface area contributed by atoms with Crippen molar-refractivity contribution in [1.82, 2.24) is 5.32 Å². The van der Waals surface area contributed by atoms with Crippen LogP contribution in [0.25, 0.3) is 0 Å². The van der Waals surface area contributed by atoms with Gasteiger partial charge in [-0.05, 0) is 45.2 Å². The Morgan fingerprint density at radius 1 is 1.25 bits per heavy atom. The second-order valence-corrected chi connectivity index (χ2v) is 6.07. The van der Waals surface area contributed by atoms with E-state index in [1.165, 1.54) is 43.2 Å². The number of aryl methyl sites for hydroxylation is 1. The van der Waals surface area contributed by atoms with E-state index in [9.17, 15) is 0 Å². The van der Waals surface area contributed by atoms with Crippen LogP contribution < -0.4 is 5.32 Å². The SMILES string of the molecule is Cc1cccc(C(C)NCCCOC2CCCCC2)c1. The molecule has 1 aromatic rings. The van der Waals surface area contributed by atoms with Gasteiger partial charge in [-0.1, -0.05) is 49.1 Å². The second kappa shape index (κ2) is 8.43. The molecule has 1 atom stereocenters. The van der Waals surface area contributed by atoms with Crippen LogP contribution in [-0.4, -0.2) is 19.3 Å². The minimum Gasteiger partial charge on any atom is -0.378 e. The fraction of sp³-hybridized carbons (Fsp3) is 0.667. The number of nitrogens with one attached hydrogen (secondary N) is 1. The van der Waals surface area contributed by atoms with Gasteiger partial charge in [0.25, 0.3) is 0 Å². The summed E-state index contributed by atoms with van der Waals surface area (Å²) in [5.41, 5.74) is 2.70. The van der Waals surface area contributed by atoms with Gasteiger partial charge >= 0.3 is 0 Å². The van der Waals surface area contributed by atoms with Gasteiger partial charge in [0.05, 0.1) is 6.10 Å². The van der Waals surface area contributed by atoms with Crippen LogP contribution in [0.3, 0.4) is 0 Å². The highest BCUT2D eigenvalue weighted by Gasteiger charge is 2.13. The lowest BCUT2D eigenvalue weighted by atomic mass is 9.98. The van der Waals surface area contributed by atoms with Crippen LogP contribution in [0.5, 0.6) is 0 Å². The van der Waals surface area contributed by atoms with E-state index in [1.54, 1.807) is 0 Å². The summed E-state index contributed by atoms with van der Waals surface area (Å²) in [4.78, 5) is 0. The topological polar surface area (TPSA) is 21.3 Å². The van der Waals surface area contributed by atoms with Crippen LogP contribution in [0.2, 0.25) is 0 Å². The van der Waals surface area contributed by atoms with Gasteiger partial charge in [-0.2, -0.15) is 0 Å². The van der Waals surface area contributed by atoms with Gasteiger partial charge in [-0.15, -0.1) is 0 Å². The summed E-state index contributed by atoms with van der Waals surface area (Å²) >= 11 is 0. The molecule has 112 valence electrons. The lowest BCUT2D eigenvalue weighted by molar-refractivity contribution is 0.0271. The van der Waals surface area contributed by atoms with Crippen molar-refractivity contribution < 1.29 is 4.74 Å². The Kier molecular flexibility index (Phi) is 6.55. The van der Waals surface area contributed by atoms with Gasteiger partial charge < -0.3 is 10.1 Å². The van der Waals surface area contributed by atoms with Gasteiger partial charge in [0.1, 0.15) is 0 Å². The van der Waals surface area contributed by atoms with Crippen molar-refractivity contribution in [3.05, 3.63) is 35.4 Å². The van der Waals surface area contributed by atoms with Crippen molar-refractivity contribution in [2.24, 2.45) is 0 Å². The van der Waals surface area contributed by atoms with Crippen molar-refractivity contribution in [3.63, 3.8) is 0 Å². The first-order chi connectivity index (χ1) is 9.75. The molecule has 2 nitrogen and oxygen atoms in total. The molecule has 0 radical (unpaired) electrons. The summed E-state index contributed by atoms with van der Waals surface area (Å²) in [6.45, 7) is 6.31. The third kappa shape index (κ3) is 5.26. The Bertz CT molecular complexity index is 385. The molecule has 0 amide bonds. The van der Waals surface area contributed by atoms with Crippen molar-refractivity contribution in [3.8, 4) is 0 Å². The molecule has 1 aliphatic rings. The number of hydrogen-bond acceptors (Lipinski definition) is 2. The third-order valence-electron chi connectivity index (χ3n) is 4.22. The van der Waals surface area contributed by atoms with Crippen LogP contribution in [0.4, 0.5) is 0 Å². The second-order valence-electron chi connectivity index (χ2n) is 6.07. The quantitative estimate of drug-likeness (QED) is 0.745. The van der Waals surface area contributed by atoms with E-state index in [0.717, 1.165) is 19.6 Å². The zero-order chi connectivity index (χ0) is 14.2. The molecule has 0 spiro atoms. The van der Waals surface area contributed by atoms with Crippen molar-refractivity contribution in [2.45, 2.75) is 64.5 Å². The number of benzene rings is 1. The summed E-state index contributed by atoms with van der Waals surface area (Å²) in [5, 5.41) is 3.58. The molecule has 1 aliphatic carbocycles. The Labute approximate surface area is 123 Å². The van der Waals surface area contributed by atoms with Gasteiger partial charge in [-0.3, -0.25) is 0 Å². The van der Waals surface area contributed by atoms with Crippen LogP contribution in [0.15, 0.2) is 24.3 Å². The molecule has 1 aromatic carbocycles. The molecule has 0 aromatic heterocycles. The van der Waals surface area contributed by atoms with Gasteiger partial charge in [0, 0.05) is 12.6 Å². The molecule has 2 rings (SSSR count). The maximum absolute atomic E-state index is 5.95. The predicted molar refractivity (Wildman–Crippen MR) is 85.0 cm³/mol. The molecule has 1 saturated carbocycles. The molecule has 0 aliphatic heterocycles. The highest BCUT2D eigenvalue weighted by atomic mass is 16.5. The van der Waals surface area contributed by atoms with Gasteiger partial charge in [-0.25, -0.2) is 0 Å². The molecule has 2 heteroatoms. The highest BCUT2D eigenvalue weighted by Crippen LogP contribution is 2.20. The molecule has 20 heavy (non-hydrogen) atoms. The van der Waals surface area contributed by atoms with Crippen LogP contribution in [0.1, 0.15) is 62.6 Å². The highest BCUT2D eigenvalue weighted by molar-refractivity contribution is 5.24. The number of hydrogen-bond donors (Lipinski definition) is 1. The molecule has 0 heterocycles. The van der Waals surface area contributed by atoms with Crippen molar-refractivity contribution in [2.75, 3.05) is 13.2 Å². The molecular weight excluding hydrogens is 246 g/mol. The Morgan fingerprint density at radius 3 is 2.80 bits per heavy atom. The van der Waals surface area contributed by atoms with E-state index in [2.05, 4.69) is 43.4 Å². The van der Waals surface area contributed by atoms with E-state index >= 15 is 0 Å². The van der Waals surface area contributed by atoms with Crippen molar-refractivity contribution in [1.29, 1.82) is 0 Å². The largest absolute Gasteiger partial charge is 0.378 e. The minimum absolute atomic E-state index is 0.421. The van der Waals surface area contributed by atoms with Gasteiger partial charge in [0.2, 0.25) is 0 Å². The first kappa shape index (κ1) is 15.5. The monoisotopic (exact) mass is 275 g/mol. The lowest BCUT2D eigenvalue weighted by Gasteiger charge is -2.22. The standard InChI is InChI=1S/C18H29NO/c1-15-8-6-9-17(14-15)16(2)19-12-7-13-20-18-10-4-3-5-11-18/h6,8-9,14,16,18-19H,3-5,7,10-13H2,1-2H3. The first-order valence-electron chi connectivity index (χ1n) is 8.17. The van der Waals surface area contributed by atoms with Crippen LogP contribution >= 0.6 is 0 Å². The van der Waals surface area contributed by atoms with E-state index in [4.69, 9.17) is 4.74 Å². The van der Waals surface area contributed by atoms with Crippen molar-refractivity contribution >= 4 is 0 Å². The minimum atomic E-state index is 0.421. The fourth-order valence-electron chi connectivity index (χ4n) is 2.93. The smallest absolute Gasteiger partial charge is 0.0575 e. The van der Waals surface area contributed by atoms with E-state index in [-0.39, 0.29) is 0 Å². The Balaban J connectivity index is 1.58. The number of ether oxygens (including phenoxy) is 1. The zero-order valence-electron chi connectivity index (χ0n) is 13.0. The van der Waals surface area contributed by atoms with Crippen LogP contribution in [-0.2, 0) is 4.74 Å². The molecule has 0 bridgehead atoms. The average molecular weight is 275 g/mol. The third-order valence-corrected chi connectivity index (χ3v) is 4.22. The zero-order valence-corrected chi connectivity index (χ0v) is 13.0. The summed E-state index contributed by atoms with van der Waals surface area (Å²) in [6, 6.07) is 9.16. The summed E-state index contributed by atoms with van der Waals surface area (Å²) in [6.07, 6.45) is 8.29. The van der Waals surface area contributed by atoms with E-state index in [1.807, 2.05) is 0 Å². The summed E-state index contributed by atoms with van der Waals surface area (Å²) < 4.78 is 5.95. The Hall–Kier alpha value is -0.860. The van der Waals surface area contributed by atoms with E-state index in [0.29, 0.717) is 12.1 Å². The molecule has 1 N–H and O–H groups in total. The lowest BCUT2D eigenvalue weighted by Crippen LogP contribution is -2.23. The normalized spacial score (nSPS) is 18.1. The van der Waals surface area contributed by atoms with Crippen LogP contribution in [0, 0.1) is 6.92 Å². The van der Waals surface area contributed by atoms with E-state index < -0.39 is 0 Å². The number of rotatable bonds is 7. The Morgan fingerprint density at radius 2 is 2.05 bits per heavy atom. The summed E-state index contributed by atoms with van der Waals surface area (Å²) in [7, 11) is 0. The molecule has 1 unspecified atom stereocenters. The molecule has 1 fully saturated rings. The average Bonchev–Trinajstić information content (AvgIpc) is 2.48. The maximum atomic E-state index is 5.95. The molecule has 0 saturated heterocycles. The summed E-state index contributed by atoms with van der Waals surface area (Å²) in [5.74, 6) is 0. The maximum Gasteiger partial charge on any atom is 0.0575 e. The molecular formula is C18H29NO.